The van der Waals surface area contributed by atoms with Crippen LogP contribution in [-0.2, 0) is 16.0 Å². The molecule has 1 saturated carbocycles. The minimum absolute atomic E-state index is 0.105. The molecule has 0 aromatic heterocycles. The Kier molecular flexibility index (Phi) is 3.97. The number of amides is 2. The van der Waals surface area contributed by atoms with E-state index in [1.165, 1.54) is 5.56 Å². The molecular weight excluding hydrogens is 228 g/mol. The first kappa shape index (κ1) is 12.6. The lowest BCUT2D eigenvalue weighted by Crippen LogP contribution is -2.29. The quantitative estimate of drug-likeness (QED) is 0.779. The summed E-state index contributed by atoms with van der Waals surface area (Å²) in [7, 11) is 0. The van der Waals surface area contributed by atoms with E-state index >= 15 is 0 Å². The second-order valence-corrected chi connectivity index (χ2v) is 4.62. The van der Waals surface area contributed by atoms with Crippen LogP contribution in [-0.4, -0.2) is 17.9 Å². The van der Waals surface area contributed by atoms with E-state index < -0.39 is 0 Å². The number of carbonyl (C=O) groups excluding carboxylic acids is 2. The zero-order valence-corrected chi connectivity index (χ0v) is 10.5. The first-order chi connectivity index (χ1) is 8.67. The summed E-state index contributed by atoms with van der Waals surface area (Å²) in [6, 6.07) is 7.96. The van der Waals surface area contributed by atoms with Gasteiger partial charge in [-0.05, 0) is 37.0 Å². The monoisotopic (exact) mass is 246 g/mol. The zero-order valence-electron chi connectivity index (χ0n) is 10.5. The smallest absolute Gasteiger partial charge is 0.233 e. The summed E-state index contributed by atoms with van der Waals surface area (Å²) >= 11 is 0. The average Bonchev–Trinajstić information content (AvgIpc) is 3.13. The second-order valence-electron chi connectivity index (χ2n) is 4.62. The van der Waals surface area contributed by atoms with Crippen molar-refractivity contribution in [3.8, 4) is 0 Å². The van der Waals surface area contributed by atoms with E-state index in [9.17, 15) is 9.59 Å². The van der Waals surface area contributed by atoms with Gasteiger partial charge in [-0.15, -0.1) is 0 Å². The maximum absolute atomic E-state index is 11.6. The van der Waals surface area contributed by atoms with Crippen molar-refractivity contribution in [1.82, 2.24) is 5.32 Å². The fourth-order valence-electron chi connectivity index (χ4n) is 1.68. The number of hydrogen-bond donors (Lipinski definition) is 2. The second kappa shape index (κ2) is 5.67. The summed E-state index contributed by atoms with van der Waals surface area (Å²) < 4.78 is 0. The van der Waals surface area contributed by atoms with Gasteiger partial charge < -0.3 is 10.6 Å². The number of anilines is 1. The van der Waals surface area contributed by atoms with Crippen LogP contribution < -0.4 is 10.6 Å². The van der Waals surface area contributed by atoms with Crippen molar-refractivity contribution >= 4 is 17.5 Å². The van der Waals surface area contributed by atoms with Crippen molar-refractivity contribution in [2.75, 3.05) is 5.32 Å². The van der Waals surface area contributed by atoms with Gasteiger partial charge in [0.05, 0.1) is 0 Å². The Hall–Kier alpha value is -1.84. The van der Waals surface area contributed by atoms with Crippen LogP contribution in [0.25, 0.3) is 0 Å². The highest BCUT2D eigenvalue weighted by Gasteiger charge is 2.24. The van der Waals surface area contributed by atoms with Crippen molar-refractivity contribution in [3.63, 3.8) is 0 Å². The highest BCUT2D eigenvalue weighted by atomic mass is 16.2. The molecule has 0 spiro atoms. The lowest BCUT2D eigenvalue weighted by atomic mass is 10.1. The zero-order chi connectivity index (χ0) is 13.0. The van der Waals surface area contributed by atoms with Crippen molar-refractivity contribution in [2.24, 2.45) is 0 Å². The molecule has 0 saturated heterocycles. The van der Waals surface area contributed by atoms with E-state index in [2.05, 4.69) is 17.6 Å². The molecule has 2 N–H and O–H groups in total. The predicted molar refractivity (Wildman–Crippen MR) is 70.2 cm³/mol. The van der Waals surface area contributed by atoms with Gasteiger partial charge in [-0.3, -0.25) is 9.59 Å². The van der Waals surface area contributed by atoms with Crippen LogP contribution in [0.2, 0.25) is 0 Å². The van der Waals surface area contributed by atoms with Crippen LogP contribution in [0.1, 0.15) is 31.7 Å². The third-order valence-electron chi connectivity index (χ3n) is 2.91. The largest absolute Gasteiger partial charge is 0.353 e. The van der Waals surface area contributed by atoms with Crippen LogP contribution >= 0.6 is 0 Å². The standard InChI is InChI=1S/C14H18N2O2/c1-2-10-3-5-11(6-4-10)15-13(17)9-14(18)16-12-7-8-12/h3-6,12H,2,7-9H2,1H3,(H,15,17)(H,16,18). The Labute approximate surface area is 107 Å². The molecule has 1 aliphatic rings. The maximum atomic E-state index is 11.6. The Balaban J connectivity index is 1.79. The Morgan fingerprint density at radius 3 is 2.39 bits per heavy atom. The molecular formula is C14H18N2O2. The first-order valence-electron chi connectivity index (χ1n) is 6.35. The molecule has 1 aliphatic carbocycles. The summed E-state index contributed by atoms with van der Waals surface area (Å²) in [4.78, 5) is 23.0. The van der Waals surface area contributed by atoms with Gasteiger partial charge in [0, 0.05) is 11.7 Å². The third-order valence-corrected chi connectivity index (χ3v) is 2.91. The highest BCUT2D eigenvalue weighted by molar-refractivity contribution is 6.03. The molecule has 0 heterocycles. The third kappa shape index (κ3) is 3.87. The maximum Gasteiger partial charge on any atom is 0.233 e. The molecule has 4 heteroatoms. The number of nitrogens with one attached hydrogen (secondary N) is 2. The lowest BCUT2D eigenvalue weighted by molar-refractivity contribution is -0.126. The van der Waals surface area contributed by atoms with Gasteiger partial charge in [-0.1, -0.05) is 19.1 Å². The minimum atomic E-state index is -0.266. The van der Waals surface area contributed by atoms with Gasteiger partial charge in [-0.25, -0.2) is 0 Å². The normalized spacial score (nSPS) is 14.1. The van der Waals surface area contributed by atoms with Crippen LogP contribution in [0.3, 0.4) is 0 Å². The van der Waals surface area contributed by atoms with Gasteiger partial charge in [0.25, 0.3) is 0 Å². The van der Waals surface area contributed by atoms with E-state index in [1.807, 2.05) is 24.3 Å². The first-order valence-corrected chi connectivity index (χ1v) is 6.35. The van der Waals surface area contributed by atoms with Gasteiger partial charge in [0.2, 0.25) is 11.8 Å². The summed E-state index contributed by atoms with van der Waals surface area (Å²) in [5, 5.41) is 5.51. The molecule has 0 unspecified atom stereocenters. The Bertz CT molecular complexity index is 436. The molecule has 4 nitrogen and oxygen atoms in total. The van der Waals surface area contributed by atoms with Crippen molar-refractivity contribution in [2.45, 2.75) is 38.6 Å². The van der Waals surface area contributed by atoms with E-state index in [4.69, 9.17) is 0 Å². The summed E-state index contributed by atoms with van der Waals surface area (Å²) in [6.45, 7) is 2.08. The number of carbonyl (C=O) groups is 2. The summed E-state index contributed by atoms with van der Waals surface area (Å²) in [6.07, 6.45) is 2.93. The molecule has 96 valence electrons. The molecule has 2 rings (SSSR count). The fourth-order valence-corrected chi connectivity index (χ4v) is 1.68. The molecule has 1 fully saturated rings. The minimum Gasteiger partial charge on any atom is -0.353 e. The van der Waals surface area contributed by atoms with Gasteiger partial charge in [0.15, 0.2) is 0 Å². The number of rotatable bonds is 5. The fraction of sp³-hybridized carbons (Fsp3) is 0.429. The van der Waals surface area contributed by atoms with E-state index in [1.54, 1.807) is 0 Å². The molecule has 0 radical (unpaired) electrons. The Morgan fingerprint density at radius 2 is 1.83 bits per heavy atom. The number of hydrogen-bond acceptors (Lipinski definition) is 2. The van der Waals surface area contributed by atoms with Crippen LogP contribution in [0, 0.1) is 0 Å². The average molecular weight is 246 g/mol. The molecule has 1 aromatic carbocycles. The summed E-state index contributed by atoms with van der Waals surface area (Å²) in [5.41, 5.74) is 1.95. The van der Waals surface area contributed by atoms with Gasteiger partial charge in [0.1, 0.15) is 6.42 Å². The topological polar surface area (TPSA) is 58.2 Å². The molecule has 0 bridgehead atoms. The SMILES string of the molecule is CCc1ccc(NC(=O)CC(=O)NC2CC2)cc1. The van der Waals surface area contributed by atoms with E-state index in [0.29, 0.717) is 6.04 Å². The molecule has 18 heavy (non-hydrogen) atoms. The molecule has 2 amide bonds. The van der Waals surface area contributed by atoms with Gasteiger partial charge in [-0.2, -0.15) is 0 Å². The van der Waals surface area contributed by atoms with E-state index in [-0.39, 0.29) is 18.2 Å². The van der Waals surface area contributed by atoms with Crippen LogP contribution in [0.4, 0.5) is 5.69 Å². The molecule has 0 atom stereocenters. The Morgan fingerprint density at radius 1 is 1.17 bits per heavy atom. The highest BCUT2D eigenvalue weighted by Crippen LogP contribution is 2.18. The number of benzene rings is 1. The van der Waals surface area contributed by atoms with Crippen molar-refractivity contribution < 1.29 is 9.59 Å². The summed E-state index contributed by atoms with van der Waals surface area (Å²) in [5.74, 6) is -0.461. The van der Waals surface area contributed by atoms with Crippen LogP contribution in [0.5, 0.6) is 0 Å². The molecule has 0 aliphatic heterocycles. The number of aryl methyl sites for hydroxylation is 1. The van der Waals surface area contributed by atoms with Crippen molar-refractivity contribution in [3.05, 3.63) is 29.8 Å². The van der Waals surface area contributed by atoms with E-state index in [0.717, 1.165) is 24.9 Å². The van der Waals surface area contributed by atoms with Gasteiger partial charge >= 0.3 is 0 Å². The van der Waals surface area contributed by atoms with Crippen LogP contribution in [0.15, 0.2) is 24.3 Å². The predicted octanol–water partition coefficient (Wildman–Crippen LogP) is 1.86. The molecule has 1 aromatic rings. The lowest BCUT2D eigenvalue weighted by Gasteiger charge is -2.06. The van der Waals surface area contributed by atoms with Crippen molar-refractivity contribution in [1.29, 1.82) is 0 Å².